The summed E-state index contributed by atoms with van der Waals surface area (Å²) in [5.74, 6) is 1.37. The van der Waals surface area contributed by atoms with Gasteiger partial charge in [-0.15, -0.1) is 0 Å². The Labute approximate surface area is 234 Å². The zero-order valence-corrected chi connectivity index (χ0v) is 23.0. The third-order valence-electron chi connectivity index (χ3n) is 7.74. The van der Waals surface area contributed by atoms with Gasteiger partial charge in [-0.25, -0.2) is 9.97 Å². The topological polar surface area (TPSA) is 133 Å². The Morgan fingerprint density at radius 2 is 1.93 bits per heavy atom. The Balaban J connectivity index is 1.23. The number of piperidine rings is 1. The van der Waals surface area contributed by atoms with Crippen LogP contribution in [0.4, 0.5) is 5.82 Å². The van der Waals surface area contributed by atoms with Gasteiger partial charge in [-0.1, -0.05) is 24.3 Å². The second-order valence-corrected chi connectivity index (χ2v) is 10.6. The Kier molecular flexibility index (Phi) is 8.62. The lowest BCUT2D eigenvalue weighted by molar-refractivity contribution is -0.132. The first-order valence-electron chi connectivity index (χ1n) is 13.9. The number of nitrogens with zero attached hydrogens (tertiary/aromatic N) is 4. The van der Waals surface area contributed by atoms with Crippen molar-refractivity contribution in [3.05, 3.63) is 72.2 Å². The van der Waals surface area contributed by atoms with Crippen LogP contribution in [0.3, 0.4) is 0 Å². The predicted octanol–water partition coefficient (Wildman–Crippen LogP) is 3.74. The van der Waals surface area contributed by atoms with Crippen LogP contribution in [-0.2, 0) is 17.8 Å². The fraction of sp³-hybridized carbons (Fsp3) is 0.387. The lowest BCUT2D eigenvalue weighted by Crippen LogP contribution is -2.42. The van der Waals surface area contributed by atoms with Crippen molar-refractivity contribution in [2.24, 2.45) is 5.73 Å². The molecular formula is C31H38N6O3. The number of likely N-dealkylation sites (tertiary alicyclic amines) is 1. The van der Waals surface area contributed by atoms with Crippen LogP contribution in [0.5, 0.6) is 5.88 Å². The minimum atomic E-state index is -0.258. The van der Waals surface area contributed by atoms with E-state index >= 15 is 0 Å². The molecule has 2 unspecified atom stereocenters. The van der Waals surface area contributed by atoms with E-state index in [0.717, 1.165) is 47.0 Å². The Morgan fingerprint density at radius 3 is 2.65 bits per heavy atom. The summed E-state index contributed by atoms with van der Waals surface area (Å²) in [4.78, 5) is 23.8. The first kappa shape index (κ1) is 27.6. The number of pyridine rings is 2. The smallest absolute Gasteiger partial charge is 0.224 e. The van der Waals surface area contributed by atoms with Crippen LogP contribution < -0.4 is 16.2 Å². The van der Waals surface area contributed by atoms with Crippen LogP contribution in [0.15, 0.2) is 60.9 Å². The molecule has 1 amide bonds. The number of carbonyl (C=O) groups excluding carboxylic acids is 1. The fourth-order valence-corrected chi connectivity index (χ4v) is 5.67. The van der Waals surface area contributed by atoms with Crippen LogP contribution in [0, 0.1) is 0 Å². The highest BCUT2D eigenvalue weighted by Gasteiger charge is 2.28. The maximum atomic E-state index is 13.3. The second kappa shape index (κ2) is 12.5. The number of rotatable bonds is 10. The number of ether oxygens (including phenoxy) is 1. The fourth-order valence-electron chi connectivity index (χ4n) is 5.67. The molecule has 0 aliphatic carbocycles. The van der Waals surface area contributed by atoms with Gasteiger partial charge in [0, 0.05) is 79.7 Å². The van der Waals surface area contributed by atoms with Crippen molar-refractivity contribution in [3.8, 4) is 17.0 Å². The van der Waals surface area contributed by atoms with Crippen LogP contribution in [0.25, 0.3) is 22.0 Å². The van der Waals surface area contributed by atoms with Gasteiger partial charge >= 0.3 is 0 Å². The maximum Gasteiger partial charge on any atom is 0.224 e. The number of aliphatic hydroxyl groups excluding tert-OH is 1. The van der Waals surface area contributed by atoms with Crippen LogP contribution >= 0.6 is 0 Å². The van der Waals surface area contributed by atoms with E-state index < -0.39 is 0 Å². The molecule has 0 spiro atoms. The van der Waals surface area contributed by atoms with Gasteiger partial charge in [0.05, 0.1) is 12.6 Å². The maximum absolute atomic E-state index is 13.3. The van der Waals surface area contributed by atoms with Crippen molar-refractivity contribution in [2.45, 2.75) is 50.6 Å². The molecule has 9 nitrogen and oxygen atoms in total. The third kappa shape index (κ3) is 6.26. The van der Waals surface area contributed by atoms with Crippen molar-refractivity contribution in [1.29, 1.82) is 0 Å². The molecule has 1 aromatic carbocycles. The van der Waals surface area contributed by atoms with E-state index in [0.29, 0.717) is 44.0 Å². The van der Waals surface area contributed by atoms with Gasteiger partial charge in [-0.05, 0) is 55.0 Å². The van der Waals surface area contributed by atoms with Crippen molar-refractivity contribution >= 4 is 22.6 Å². The summed E-state index contributed by atoms with van der Waals surface area (Å²) in [5, 5.41) is 10.5. The van der Waals surface area contributed by atoms with Crippen molar-refractivity contribution in [3.63, 3.8) is 0 Å². The largest absolute Gasteiger partial charge is 0.481 e. The van der Waals surface area contributed by atoms with E-state index in [9.17, 15) is 9.90 Å². The van der Waals surface area contributed by atoms with E-state index in [1.54, 1.807) is 19.4 Å². The number of methoxy groups -OCH3 is 1. The minimum Gasteiger partial charge on any atom is -0.481 e. The molecule has 1 aliphatic rings. The average molecular weight is 543 g/mol. The number of aromatic nitrogens is 3. The molecule has 0 bridgehead atoms. The number of benzene rings is 1. The number of aliphatic hydroxyl groups is 1. The lowest BCUT2D eigenvalue weighted by Gasteiger charge is -2.34. The van der Waals surface area contributed by atoms with Crippen LogP contribution in [0.2, 0.25) is 0 Å². The summed E-state index contributed by atoms with van der Waals surface area (Å²) in [6.07, 6.45) is 7.14. The number of hydrogen-bond acceptors (Lipinski definition) is 7. The zero-order chi connectivity index (χ0) is 28.1. The molecule has 5 N–H and O–H groups in total. The number of carbonyl (C=O) groups is 1. The monoisotopic (exact) mass is 542 g/mol. The summed E-state index contributed by atoms with van der Waals surface area (Å²) < 4.78 is 7.60. The van der Waals surface area contributed by atoms with Crippen molar-refractivity contribution in [2.75, 3.05) is 32.5 Å². The molecule has 4 heterocycles. The highest BCUT2D eigenvalue weighted by molar-refractivity contribution is 5.82. The predicted molar refractivity (Wildman–Crippen MR) is 157 cm³/mol. The normalized spacial score (nSPS) is 16.3. The van der Waals surface area contributed by atoms with Gasteiger partial charge in [0.25, 0.3) is 0 Å². The molecule has 40 heavy (non-hydrogen) atoms. The van der Waals surface area contributed by atoms with E-state index in [-0.39, 0.29) is 24.5 Å². The minimum absolute atomic E-state index is 0.100. The first-order chi connectivity index (χ1) is 19.4. The van der Waals surface area contributed by atoms with E-state index in [1.165, 1.54) is 5.69 Å². The van der Waals surface area contributed by atoms with Gasteiger partial charge in [0.15, 0.2) is 0 Å². The first-order valence-corrected chi connectivity index (χ1v) is 13.9. The molecule has 3 aromatic heterocycles. The van der Waals surface area contributed by atoms with Crippen molar-refractivity contribution < 1.29 is 14.6 Å². The molecule has 1 saturated heterocycles. The Bertz CT molecular complexity index is 1430. The molecule has 9 heteroatoms. The molecule has 2 atom stereocenters. The summed E-state index contributed by atoms with van der Waals surface area (Å²) >= 11 is 0. The molecule has 0 saturated carbocycles. The second-order valence-electron chi connectivity index (χ2n) is 10.6. The van der Waals surface area contributed by atoms with E-state index in [1.807, 2.05) is 35.4 Å². The standard InChI is InChI=1S/C31H38N6O3/c1-40-30-17-28-25(19-35-30)15-27(37(28)12-3-13-38)24-4-2-11-36(20-24)31(39)16-26(32)14-21-5-7-22(8-6-21)23-9-10-29(33)34-18-23/h5-10,15,17-19,24,26,38H,2-4,11-14,16,20,32H2,1H3,(H2,33,34). The molecule has 5 rings (SSSR count). The van der Waals surface area contributed by atoms with Gasteiger partial charge < -0.3 is 30.8 Å². The average Bonchev–Trinajstić information content (AvgIpc) is 3.34. The van der Waals surface area contributed by atoms with Crippen LogP contribution in [0.1, 0.15) is 42.9 Å². The zero-order valence-electron chi connectivity index (χ0n) is 23.0. The summed E-state index contributed by atoms with van der Waals surface area (Å²) in [6.45, 7) is 2.23. The number of fused-ring (bicyclic) bond motifs is 1. The van der Waals surface area contributed by atoms with Gasteiger partial charge in [0.2, 0.25) is 11.8 Å². The van der Waals surface area contributed by atoms with Crippen LogP contribution in [-0.4, -0.2) is 63.3 Å². The quantitative estimate of drug-likeness (QED) is 0.278. The number of aryl methyl sites for hydroxylation is 1. The van der Waals surface area contributed by atoms with Gasteiger partial charge in [-0.3, -0.25) is 4.79 Å². The number of hydrogen-bond donors (Lipinski definition) is 3. The molecule has 1 fully saturated rings. The number of anilines is 1. The summed E-state index contributed by atoms with van der Waals surface area (Å²) in [7, 11) is 1.61. The number of amides is 1. The third-order valence-corrected chi connectivity index (χ3v) is 7.74. The Morgan fingerprint density at radius 1 is 1.12 bits per heavy atom. The van der Waals surface area contributed by atoms with E-state index in [2.05, 4.69) is 32.7 Å². The molecular weight excluding hydrogens is 504 g/mol. The lowest BCUT2D eigenvalue weighted by atomic mass is 9.93. The SMILES string of the molecule is COc1cc2c(cn1)cc(C1CCCN(C(=O)CC(N)Cc3ccc(-c4ccc(N)nc4)cc3)C1)n2CCCO. The highest BCUT2D eigenvalue weighted by atomic mass is 16.5. The summed E-state index contributed by atoms with van der Waals surface area (Å²) in [6, 6.07) is 15.8. The molecule has 1 aliphatic heterocycles. The molecule has 210 valence electrons. The highest BCUT2D eigenvalue weighted by Crippen LogP contribution is 2.33. The Hall–Kier alpha value is -3.95. The number of nitrogens with two attached hydrogens (primary N) is 2. The summed E-state index contributed by atoms with van der Waals surface area (Å²) in [5.41, 5.74) is 17.5. The van der Waals surface area contributed by atoms with Crippen molar-refractivity contribution in [1.82, 2.24) is 19.4 Å². The van der Waals surface area contributed by atoms with E-state index in [4.69, 9.17) is 16.2 Å². The van der Waals surface area contributed by atoms with Gasteiger partial charge in [0.1, 0.15) is 5.82 Å². The molecule has 0 radical (unpaired) electrons. The number of nitrogen functional groups attached to an aromatic ring is 1. The molecule has 4 aromatic rings. The van der Waals surface area contributed by atoms with Gasteiger partial charge in [-0.2, -0.15) is 0 Å².